The van der Waals surface area contributed by atoms with Gasteiger partial charge in [0.1, 0.15) is 0 Å². The van der Waals surface area contributed by atoms with Crippen LogP contribution in [0.2, 0.25) is 0 Å². The number of sulfone groups is 1. The van der Waals surface area contributed by atoms with E-state index in [2.05, 4.69) is 51.2 Å². The number of rotatable bonds is 6. The van der Waals surface area contributed by atoms with E-state index in [4.69, 9.17) is 4.99 Å². The van der Waals surface area contributed by atoms with Crippen LogP contribution in [0.15, 0.2) is 29.3 Å². The number of guanidine groups is 1. The van der Waals surface area contributed by atoms with Crippen molar-refractivity contribution in [3.8, 4) is 0 Å². The Hall–Kier alpha value is -0.910. The number of aliphatic imine (C=N–C) groups is 1. The Morgan fingerprint density at radius 3 is 2.25 bits per heavy atom. The third kappa shape index (κ3) is 6.80. The Morgan fingerprint density at radius 2 is 1.66 bits per heavy atom. The average Bonchev–Trinajstić information content (AvgIpc) is 2.74. The zero-order valence-corrected chi connectivity index (χ0v) is 23.2. The van der Waals surface area contributed by atoms with Crippen molar-refractivity contribution in [3.05, 3.63) is 35.4 Å². The largest absolute Gasteiger partial charge is 0.357 e. The molecule has 2 heterocycles. The lowest BCUT2D eigenvalue weighted by molar-refractivity contribution is 0.131. The van der Waals surface area contributed by atoms with Crippen LogP contribution in [0.5, 0.6) is 0 Å². The highest BCUT2D eigenvalue weighted by molar-refractivity contribution is 14.0. The molecule has 0 aromatic heterocycles. The fourth-order valence-electron chi connectivity index (χ4n) is 4.28. The summed E-state index contributed by atoms with van der Waals surface area (Å²) in [6.45, 7) is 16.7. The zero-order chi connectivity index (χ0) is 22.5. The Labute approximate surface area is 211 Å². The van der Waals surface area contributed by atoms with Gasteiger partial charge in [-0.05, 0) is 38.4 Å². The summed E-state index contributed by atoms with van der Waals surface area (Å²) in [7, 11) is -3.07. The summed E-state index contributed by atoms with van der Waals surface area (Å²) in [5.74, 6) is 0.974. The zero-order valence-electron chi connectivity index (χ0n) is 20.0. The summed E-state index contributed by atoms with van der Waals surface area (Å²) in [5, 5.41) is 3.37. The Balaban J connectivity index is 0.00000363. The molecular weight excluding hydrogens is 537 g/mol. The van der Waals surface area contributed by atoms with Crippen LogP contribution in [0.1, 0.15) is 38.8 Å². The van der Waals surface area contributed by atoms with Gasteiger partial charge in [0.15, 0.2) is 15.8 Å². The van der Waals surface area contributed by atoms with Crippen LogP contribution in [0.4, 0.5) is 0 Å². The molecule has 2 aliphatic rings. The van der Waals surface area contributed by atoms with Crippen LogP contribution >= 0.6 is 24.0 Å². The first-order valence-electron chi connectivity index (χ1n) is 11.5. The molecule has 1 aromatic carbocycles. The Kier molecular flexibility index (Phi) is 10.2. The third-order valence-electron chi connectivity index (χ3n) is 6.50. The van der Waals surface area contributed by atoms with E-state index in [1.165, 1.54) is 11.1 Å². The smallest absolute Gasteiger partial charge is 0.194 e. The monoisotopic (exact) mass is 577 g/mol. The molecule has 0 radical (unpaired) electrons. The molecule has 0 saturated carbocycles. The number of hydrogen-bond acceptors (Lipinski definition) is 5. The van der Waals surface area contributed by atoms with Crippen LogP contribution in [0, 0.1) is 0 Å². The molecule has 9 heteroatoms. The highest BCUT2D eigenvalue weighted by atomic mass is 127. The van der Waals surface area contributed by atoms with Crippen LogP contribution in [-0.4, -0.2) is 91.9 Å². The lowest BCUT2D eigenvalue weighted by Crippen LogP contribution is -2.57. The summed E-state index contributed by atoms with van der Waals surface area (Å²) < 4.78 is 24.0. The van der Waals surface area contributed by atoms with Crippen LogP contribution in [0.25, 0.3) is 0 Å². The second-order valence-corrected chi connectivity index (χ2v) is 11.9. The third-order valence-corrected chi connectivity index (χ3v) is 9.03. The number of nitrogens with zero attached hydrogens (tertiary/aromatic N) is 4. The molecule has 0 aliphatic carbocycles. The second-order valence-electron chi connectivity index (χ2n) is 9.15. The number of likely N-dealkylation sites (N-methyl/N-ethyl adjacent to an activating group) is 1. The van der Waals surface area contributed by atoms with Crippen LogP contribution < -0.4 is 5.32 Å². The van der Waals surface area contributed by atoms with Gasteiger partial charge in [0.25, 0.3) is 0 Å². The van der Waals surface area contributed by atoms with Gasteiger partial charge in [-0.15, -0.1) is 24.0 Å². The number of halogens is 1. The van der Waals surface area contributed by atoms with Gasteiger partial charge in [0, 0.05) is 52.4 Å². The molecule has 0 bridgehead atoms. The summed E-state index contributed by atoms with van der Waals surface area (Å²) in [4.78, 5) is 12.0. The van der Waals surface area contributed by atoms with E-state index in [9.17, 15) is 8.42 Å². The second kappa shape index (κ2) is 12.0. The quantitative estimate of drug-likeness (QED) is 0.319. The van der Waals surface area contributed by atoms with Crippen molar-refractivity contribution >= 4 is 39.8 Å². The van der Waals surface area contributed by atoms with Crippen molar-refractivity contribution in [2.75, 3.05) is 58.1 Å². The van der Waals surface area contributed by atoms with E-state index < -0.39 is 14.6 Å². The lowest BCUT2D eigenvalue weighted by Gasteiger charge is -2.39. The molecule has 2 saturated heterocycles. The summed E-state index contributed by atoms with van der Waals surface area (Å²) in [6.07, 6.45) is 0. The van der Waals surface area contributed by atoms with Gasteiger partial charge in [-0.2, -0.15) is 0 Å². The Morgan fingerprint density at radius 1 is 1.03 bits per heavy atom. The highest BCUT2D eigenvalue weighted by Crippen LogP contribution is 2.24. The molecular formula is C23H40IN5O2S. The average molecular weight is 578 g/mol. The molecule has 2 fully saturated rings. The van der Waals surface area contributed by atoms with E-state index in [0.717, 1.165) is 51.8 Å². The minimum atomic E-state index is -3.07. The minimum absolute atomic E-state index is 0. The SMILES string of the molecule is CCNC(=NCc1ccccc1CN1CCN(CC)CC1)N1CCS(=O)(=O)C(C)(C)C1.I. The summed E-state index contributed by atoms with van der Waals surface area (Å²) in [6, 6.07) is 8.55. The van der Waals surface area contributed by atoms with E-state index in [0.29, 0.717) is 19.6 Å². The molecule has 3 rings (SSSR count). The molecule has 0 amide bonds. The lowest BCUT2D eigenvalue weighted by atomic mass is 10.1. The molecule has 7 nitrogen and oxygen atoms in total. The van der Waals surface area contributed by atoms with E-state index in [1.807, 2.05) is 20.8 Å². The topological polar surface area (TPSA) is 68.2 Å². The van der Waals surface area contributed by atoms with Crippen LogP contribution in [-0.2, 0) is 22.9 Å². The van der Waals surface area contributed by atoms with Crippen molar-refractivity contribution in [1.29, 1.82) is 0 Å². The molecule has 1 N–H and O–H groups in total. The van der Waals surface area contributed by atoms with Crippen molar-refractivity contribution < 1.29 is 8.42 Å². The maximum Gasteiger partial charge on any atom is 0.194 e. The number of benzene rings is 1. The summed E-state index contributed by atoms with van der Waals surface area (Å²) >= 11 is 0. The highest BCUT2D eigenvalue weighted by Gasteiger charge is 2.41. The maximum atomic E-state index is 12.4. The normalized spacial score (nSPS) is 21.8. The first kappa shape index (κ1) is 27.3. The van der Waals surface area contributed by atoms with Crippen molar-refractivity contribution in [2.45, 2.75) is 45.5 Å². The van der Waals surface area contributed by atoms with Gasteiger partial charge in [0.05, 0.1) is 17.0 Å². The number of nitrogens with one attached hydrogen (secondary N) is 1. The summed E-state index contributed by atoms with van der Waals surface area (Å²) in [5.41, 5.74) is 2.56. The van der Waals surface area contributed by atoms with Crippen molar-refractivity contribution in [2.24, 2.45) is 4.99 Å². The first-order valence-corrected chi connectivity index (χ1v) is 13.2. The predicted octanol–water partition coefficient (Wildman–Crippen LogP) is 2.42. The fourth-order valence-corrected chi connectivity index (χ4v) is 5.65. The first-order chi connectivity index (χ1) is 14.8. The molecule has 0 spiro atoms. The molecule has 0 unspecified atom stereocenters. The van der Waals surface area contributed by atoms with E-state index >= 15 is 0 Å². The van der Waals surface area contributed by atoms with Crippen molar-refractivity contribution in [3.63, 3.8) is 0 Å². The number of hydrogen-bond donors (Lipinski definition) is 1. The van der Waals surface area contributed by atoms with Gasteiger partial charge >= 0.3 is 0 Å². The number of piperazine rings is 1. The minimum Gasteiger partial charge on any atom is -0.357 e. The predicted molar refractivity (Wildman–Crippen MR) is 144 cm³/mol. The van der Waals surface area contributed by atoms with Gasteiger partial charge in [-0.3, -0.25) is 4.90 Å². The van der Waals surface area contributed by atoms with E-state index in [-0.39, 0.29) is 29.7 Å². The van der Waals surface area contributed by atoms with Crippen molar-refractivity contribution in [1.82, 2.24) is 20.0 Å². The maximum absolute atomic E-state index is 12.4. The molecule has 2 aliphatic heterocycles. The molecule has 32 heavy (non-hydrogen) atoms. The van der Waals surface area contributed by atoms with E-state index in [1.54, 1.807) is 0 Å². The molecule has 0 atom stereocenters. The van der Waals surface area contributed by atoms with Gasteiger partial charge in [-0.25, -0.2) is 13.4 Å². The van der Waals surface area contributed by atoms with Gasteiger partial charge in [0.2, 0.25) is 0 Å². The van der Waals surface area contributed by atoms with Gasteiger partial charge in [-0.1, -0.05) is 31.2 Å². The molecule has 182 valence electrons. The fraction of sp³-hybridized carbons (Fsp3) is 0.696. The molecule has 1 aromatic rings. The van der Waals surface area contributed by atoms with Crippen LogP contribution in [0.3, 0.4) is 0 Å². The standard InChI is InChI=1S/C23H39N5O2S.HI/c1-5-24-22(28-15-16-31(29,30)23(3,4)19-28)25-17-20-9-7-8-10-21(20)18-27-13-11-26(6-2)12-14-27;/h7-10H,5-6,11-19H2,1-4H3,(H,24,25);1H. The Bertz CT molecular complexity index is 867. The van der Waals surface area contributed by atoms with Gasteiger partial charge < -0.3 is 15.1 Å².